The van der Waals surface area contributed by atoms with E-state index in [4.69, 9.17) is 16.3 Å². The third-order valence-electron chi connectivity index (χ3n) is 5.11. The van der Waals surface area contributed by atoms with E-state index in [0.717, 1.165) is 17.5 Å². The quantitative estimate of drug-likeness (QED) is 0.396. The van der Waals surface area contributed by atoms with Gasteiger partial charge in [0.05, 0.1) is 5.56 Å². The maximum absolute atomic E-state index is 13.1. The molecule has 0 aliphatic heterocycles. The van der Waals surface area contributed by atoms with Crippen LogP contribution in [0.25, 0.3) is 10.8 Å². The van der Waals surface area contributed by atoms with Crippen molar-refractivity contribution in [3.8, 4) is 11.5 Å². The molecule has 10 heteroatoms. The first-order valence-corrected chi connectivity index (χ1v) is 10.9. The van der Waals surface area contributed by atoms with Gasteiger partial charge in [-0.2, -0.15) is 0 Å². The van der Waals surface area contributed by atoms with Gasteiger partial charge in [0.25, 0.3) is 5.91 Å². The summed E-state index contributed by atoms with van der Waals surface area (Å²) in [5, 5.41) is 13.8. The molecule has 6 nitrogen and oxygen atoms in total. The van der Waals surface area contributed by atoms with E-state index < -0.39 is 29.7 Å². The van der Waals surface area contributed by atoms with Crippen molar-refractivity contribution in [3.05, 3.63) is 70.7 Å². The molecule has 3 aromatic rings. The van der Waals surface area contributed by atoms with Crippen LogP contribution in [0.5, 0.6) is 11.5 Å². The Labute approximate surface area is 204 Å². The fourth-order valence-corrected chi connectivity index (χ4v) is 3.57. The first-order chi connectivity index (χ1) is 16.2. The molecule has 0 unspecified atom stereocenters. The highest BCUT2D eigenvalue weighted by Gasteiger charge is 2.34. The van der Waals surface area contributed by atoms with Crippen LogP contribution >= 0.6 is 11.6 Å². The number of fused-ring (bicyclic) bond motifs is 1. The molecular weight excluding hydrogens is 487 g/mol. The highest BCUT2D eigenvalue weighted by molar-refractivity contribution is 6.31. The second kappa shape index (κ2) is 10.0. The lowest BCUT2D eigenvalue weighted by atomic mass is 9.86. The lowest BCUT2D eigenvalue weighted by Gasteiger charge is -2.28. The SMILES string of the molecule is CC(C)(C)[C@H](NC(=O)c1ccc2ccc(Cl)cc2c1OCc1ccc(OC(F)(F)F)cc1)C(=O)O. The van der Waals surface area contributed by atoms with Crippen molar-refractivity contribution in [2.45, 2.75) is 39.8 Å². The number of carboxylic acids is 1. The normalized spacial score (nSPS) is 12.8. The summed E-state index contributed by atoms with van der Waals surface area (Å²) in [6, 6.07) is 12.2. The Morgan fingerprint density at radius 3 is 2.23 bits per heavy atom. The van der Waals surface area contributed by atoms with Gasteiger partial charge in [0.2, 0.25) is 0 Å². The predicted molar refractivity (Wildman–Crippen MR) is 125 cm³/mol. The van der Waals surface area contributed by atoms with Crippen LogP contribution in [0.2, 0.25) is 5.02 Å². The van der Waals surface area contributed by atoms with Gasteiger partial charge in [-0.25, -0.2) is 4.79 Å². The van der Waals surface area contributed by atoms with Gasteiger partial charge in [-0.1, -0.05) is 56.6 Å². The van der Waals surface area contributed by atoms with Gasteiger partial charge in [-0.3, -0.25) is 4.79 Å². The van der Waals surface area contributed by atoms with E-state index >= 15 is 0 Å². The van der Waals surface area contributed by atoms with E-state index in [0.29, 0.717) is 16.0 Å². The molecule has 0 saturated carbocycles. The standard InChI is InChI=1S/C25H23ClF3NO5/c1-24(2,3)21(23(32)33)30-22(31)18-11-7-15-6-8-16(26)12-19(15)20(18)34-13-14-4-9-17(10-5-14)35-25(27,28)29/h4-12,21H,13H2,1-3H3,(H,30,31)(H,32,33)/t21-/m1/s1. The maximum Gasteiger partial charge on any atom is 0.573 e. The average molecular weight is 510 g/mol. The minimum absolute atomic E-state index is 0.0835. The predicted octanol–water partition coefficient (Wildman–Crippen LogP) is 6.20. The molecule has 2 N–H and O–H groups in total. The molecule has 1 amide bonds. The van der Waals surface area contributed by atoms with Gasteiger partial charge >= 0.3 is 12.3 Å². The zero-order valence-corrected chi connectivity index (χ0v) is 19.8. The Bertz CT molecular complexity index is 1240. The summed E-state index contributed by atoms with van der Waals surface area (Å²) in [7, 11) is 0. The number of hydrogen-bond acceptors (Lipinski definition) is 4. The Hall–Kier alpha value is -3.46. The molecule has 3 aromatic carbocycles. The lowest BCUT2D eigenvalue weighted by molar-refractivity contribution is -0.274. The van der Waals surface area contributed by atoms with E-state index in [1.807, 2.05) is 0 Å². The summed E-state index contributed by atoms with van der Waals surface area (Å²) < 4.78 is 47.0. The molecule has 0 bridgehead atoms. The Balaban J connectivity index is 1.94. The second-order valence-electron chi connectivity index (χ2n) is 8.90. The van der Waals surface area contributed by atoms with Gasteiger partial charge in [0.15, 0.2) is 0 Å². The average Bonchev–Trinajstić information content (AvgIpc) is 2.74. The summed E-state index contributed by atoms with van der Waals surface area (Å²) in [5.74, 6) is -2.05. The minimum atomic E-state index is -4.80. The maximum atomic E-state index is 13.1. The number of halogens is 4. The number of amides is 1. The van der Waals surface area contributed by atoms with Crippen LogP contribution in [0.15, 0.2) is 54.6 Å². The molecule has 1 atom stereocenters. The zero-order valence-electron chi connectivity index (χ0n) is 19.1. The molecule has 0 spiro atoms. The first kappa shape index (κ1) is 26.2. The van der Waals surface area contributed by atoms with Crippen molar-refractivity contribution in [1.82, 2.24) is 5.32 Å². The van der Waals surface area contributed by atoms with Crippen LogP contribution in [0.1, 0.15) is 36.7 Å². The fraction of sp³-hybridized carbons (Fsp3) is 0.280. The van der Waals surface area contributed by atoms with Gasteiger partial charge in [0.1, 0.15) is 24.1 Å². The summed E-state index contributed by atoms with van der Waals surface area (Å²) in [4.78, 5) is 24.9. The molecule has 3 rings (SSSR count). The van der Waals surface area contributed by atoms with Crippen molar-refractivity contribution < 1.29 is 37.3 Å². The molecule has 35 heavy (non-hydrogen) atoms. The van der Waals surface area contributed by atoms with E-state index in [-0.39, 0.29) is 23.7 Å². The number of ether oxygens (including phenoxy) is 2. The zero-order chi connectivity index (χ0) is 26.0. The van der Waals surface area contributed by atoms with Crippen LogP contribution in [-0.2, 0) is 11.4 Å². The third kappa shape index (κ3) is 6.79. The third-order valence-corrected chi connectivity index (χ3v) is 5.34. The minimum Gasteiger partial charge on any atom is -0.487 e. The molecule has 186 valence electrons. The van der Waals surface area contributed by atoms with Crippen molar-refractivity contribution in [1.29, 1.82) is 0 Å². The highest BCUT2D eigenvalue weighted by Crippen LogP contribution is 2.33. The smallest absolute Gasteiger partial charge is 0.487 e. The molecule has 0 aromatic heterocycles. The van der Waals surface area contributed by atoms with Crippen LogP contribution in [-0.4, -0.2) is 29.4 Å². The molecule has 0 aliphatic rings. The van der Waals surface area contributed by atoms with E-state index in [2.05, 4.69) is 10.1 Å². The van der Waals surface area contributed by atoms with E-state index in [9.17, 15) is 27.9 Å². The van der Waals surface area contributed by atoms with Crippen molar-refractivity contribution in [3.63, 3.8) is 0 Å². The number of carboxylic acid groups (broad SMARTS) is 1. The van der Waals surface area contributed by atoms with Crippen LogP contribution in [0.4, 0.5) is 13.2 Å². The summed E-state index contributed by atoms with van der Waals surface area (Å²) in [5.41, 5.74) is -0.154. The Kier molecular flexibility index (Phi) is 7.50. The monoisotopic (exact) mass is 509 g/mol. The Morgan fingerprint density at radius 2 is 1.66 bits per heavy atom. The number of benzene rings is 3. The largest absolute Gasteiger partial charge is 0.573 e. The van der Waals surface area contributed by atoms with Crippen LogP contribution < -0.4 is 14.8 Å². The molecular formula is C25H23ClF3NO5. The summed E-state index contributed by atoms with van der Waals surface area (Å²) in [6.07, 6.45) is -4.80. The molecule has 0 saturated heterocycles. The lowest BCUT2D eigenvalue weighted by Crippen LogP contribution is -2.49. The summed E-state index contributed by atoms with van der Waals surface area (Å²) >= 11 is 6.16. The van der Waals surface area contributed by atoms with Crippen molar-refractivity contribution in [2.75, 3.05) is 0 Å². The summed E-state index contributed by atoms with van der Waals surface area (Å²) in [6.45, 7) is 4.99. The fourth-order valence-electron chi connectivity index (χ4n) is 3.40. The van der Waals surface area contributed by atoms with Crippen LogP contribution in [0, 0.1) is 5.41 Å². The number of carbonyl (C=O) groups excluding carboxylic acids is 1. The number of nitrogens with one attached hydrogen (secondary N) is 1. The molecule has 0 heterocycles. The van der Waals surface area contributed by atoms with Gasteiger partial charge in [0, 0.05) is 10.4 Å². The van der Waals surface area contributed by atoms with Gasteiger partial charge < -0.3 is 19.9 Å². The van der Waals surface area contributed by atoms with Crippen molar-refractivity contribution >= 4 is 34.2 Å². The second-order valence-corrected chi connectivity index (χ2v) is 9.34. The van der Waals surface area contributed by atoms with Crippen molar-refractivity contribution in [2.24, 2.45) is 5.41 Å². The first-order valence-electron chi connectivity index (χ1n) is 10.5. The van der Waals surface area contributed by atoms with Crippen LogP contribution in [0.3, 0.4) is 0 Å². The van der Waals surface area contributed by atoms with E-state index in [1.54, 1.807) is 45.0 Å². The highest BCUT2D eigenvalue weighted by atomic mass is 35.5. The Morgan fingerprint density at radius 1 is 1.03 bits per heavy atom. The van der Waals surface area contributed by atoms with E-state index in [1.165, 1.54) is 18.2 Å². The number of hydrogen-bond donors (Lipinski definition) is 2. The number of alkyl halides is 3. The number of carbonyl (C=O) groups is 2. The topological polar surface area (TPSA) is 84.9 Å². The molecule has 0 aliphatic carbocycles. The van der Waals surface area contributed by atoms with Gasteiger partial charge in [-0.15, -0.1) is 13.2 Å². The molecule has 0 fully saturated rings. The number of rotatable bonds is 7. The molecule has 0 radical (unpaired) electrons. The van der Waals surface area contributed by atoms with Gasteiger partial charge in [-0.05, 0) is 46.7 Å². The number of aliphatic carboxylic acids is 1.